The van der Waals surface area contributed by atoms with Gasteiger partial charge in [0.1, 0.15) is 16.5 Å². The Morgan fingerprint density at radius 1 is 1.35 bits per heavy atom. The van der Waals surface area contributed by atoms with Crippen molar-refractivity contribution in [1.29, 1.82) is 0 Å². The average molecular weight is 305 g/mol. The molecule has 2 rings (SSSR count). The average Bonchev–Trinajstić information content (AvgIpc) is 2.82. The molecule has 20 heavy (non-hydrogen) atoms. The Morgan fingerprint density at radius 3 is 2.55 bits per heavy atom. The summed E-state index contributed by atoms with van der Waals surface area (Å²) in [6.07, 6.45) is 0.486. The number of nitrogens with zero attached hydrogens (tertiary/aromatic N) is 1. The van der Waals surface area contributed by atoms with Gasteiger partial charge >= 0.3 is 0 Å². The smallest absolute Gasteiger partial charge is 0.246 e. The highest BCUT2D eigenvalue weighted by Crippen LogP contribution is 2.31. The van der Waals surface area contributed by atoms with Crippen molar-refractivity contribution in [3.05, 3.63) is 29.8 Å². The first kappa shape index (κ1) is 15.3. The van der Waals surface area contributed by atoms with Crippen molar-refractivity contribution < 1.29 is 22.3 Å². The van der Waals surface area contributed by atoms with Crippen LogP contribution >= 0.6 is 0 Å². The maximum absolute atomic E-state index is 13.6. The van der Waals surface area contributed by atoms with E-state index in [0.717, 1.165) is 16.4 Å². The van der Waals surface area contributed by atoms with Crippen molar-refractivity contribution in [2.24, 2.45) is 5.92 Å². The Bertz CT molecular complexity index is 611. The van der Waals surface area contributed by atoms with Crippen LogP contribution in [0.3, 0.4) is 0 Å². The van der Waals surface area contributed by atoms with Crippen molar-refractivity contribution >= 4 is 10.0 Å². The number of hydrogen-bond acceptors (Lipinski definition) is 3. The van der Waals surface area contributed by atoms with E-state index < -0.39 is 32.2 Å². The van der Waals surface area contributed by atoms with Gasteiger partial charge in [0, 0.05) is 19.0 Å². The summed E-state index contributed by atoms with van der Waals surface area (Å²) in [4.78, 5) is -0.658. The van der Waals surface area contributed by atoms with Gasteiger partial charge in [-0.05, 0) is 38.5 Å². The molecule has 7 heteroatoms. The first-order chi connectivity index (χ1) is 9.12. The fourth-order valence-corrected chi connectivity index (χ4v) is 3.91. The van der Waals surface area contributed by atoms with Gasteiger partial charge in [0.05, 0.1) is 5.60 Å². The molecule has 1 aliphatic rings. The summed E-state index contributed by atoms with van der Waals surface area (Å²) in [7, 11) is -4.08. The van der Waals surface area contributed by atoms with E-state index in [-0.39, 0.29) is 19.0 Å². The van der Waals surface area contributed by atoms with Crippen molar-refractivity contribution in [2.75, 3.05) is 13.1 Å². The van der Waals surface area contributed by atoms with Gasteiger partial charge in [0.2, 0.25) is 10.0 Å². The molecule has 4 nitrogen and oxygen atoms in total. The van der Waals surface area contributed by atoms with Gasteiger partial charge < -0.3 is 5.11 Å². The van der Waals surface area contributed by atoms with E-state index in [2.05, 4.69) is 0 Å². The lowest BCUT2D eigenvalue weighted by molar-refractivity contribution is 0.0236. The van der Waals surface area contributed by atoms with E-state index in [9.17, 15) is 22.3 Å². The summed E-state index contributed by atoms with van der Waals surface area (Å²) in [6.45, 7) is 3.50. The molecule has 1 atom stereocenters. The van der Waals surface area contributed by atoms with Gasteiger partial charge in [0.15, 0.2) is 0 Å². The quantitative estimate of drug-likeness (QED) is 0.925. The number of hydrogen-bond donors (Lipinski definition) is 1. The minimum Gasteiger partial charge on any atom is -0.390 e. The zero-order valence-electron chi connectivity index (χ0n) is 11.3. The Hall–Kier alpha value is -1.05. The molecular weight excluding hydrogens is 288 g/mol. The van der Waals surface area contributed by atoms with Crippen LogP contribution in [0.5, 0.6) is 0 Å². The van der Waals surface area contributed by atoms with Gasteiger partial charge in [-0.1, -0.05) is 0 Å². The lowest BCUT2D eigenvalue weighted by atomic mass is 9.91. The monoisotopic (exact) mass is 305 g/mol. The van der Waals surface area contributed by atoms with E-state index in [0.29, 0.717) is 12.5 Å². The molecule has 0 amide bonds. The molecule has 1 N–H and O–H groups in total. The molecule has 0 radical (unpaired) electrons. The third-order valence-electron chi connectivity index (χ3n) is 3.66. The maximum Gasteiger partial charge on any atom is 0.246 e. The molecule has 0 spiro atoms. The van der Waals surface area contributed by atoms with Crippen LogP contribution in [-0.4, -0.2) is 36.5 Å². The standard InChI is InChI=1S/C13H17F2NO3S/c1-13(2,17)9-5-6-16(8-9)20(18,19)12-7-10(14)3-4-11(12)15/h3-4,7,9,17H,5-6,8H2,1-2H3. The number of benzene rings is 1. The number of rotatable bonds is 3. The molecule has 1 aromatic carbocycles. The fourth-order valence-electron chi connectivity index (χ4n) is 2.34. The first-order valence-electron chi connectivity index (χ1n) is 6.30. The van der Waals surface area contributed by atoms with Crippen molar-refractivity contribution in [3.8, 4) is 0 Å². The van der Waals surface area contributed by atoms with Crippen LogP contribution < -0.4 is 0 Å². The summed E-state index contributed by atoms with van der Waals surface area (Å²) < 4.78 is 52.5. The van der Waals surface area contributed by atoms with Gasteiger partial charge in [0.25, 0.3) is 0 Å². The molecule has 1 saturated heterocycles. The Morgan fingerprint density at radius 2 is 2.00 bits per heavy atom. The highest BCUT2D eigenvalue weighted by molar-refractivity contribution is 7.89. The molecule has 0 aliphatic carbocycles. The van der Waals surface area contributed by atoms with E-state index in [1.165, 1.54) is 0 Å². The SMILES string of the molecule is CC(C)(O)C1CCN(S(=O)(=O)c2cc(F)ccc2F)C1. The van der Waals surface area contributed by atoms with Crippen molar-refractivity contribution in [3.63, 3.8) is 0 Å². The van der Waals surface area contributed by atoms with Gasteiger partial charge in [-0.3, -0.25) is 0 Å². The molecule has 1 fully saturated rings. The van der Waals surface area contributed by atoms with Crippen LogP contribution in [-0.2, 0) is 10.0 Å². The summed E-state index contributed by atoms with van der Waals surface area (Å²) in [5.74, 6) is -2.00. The van der Waals surface area contributed by atoms with E-state index in [4.69, 9.17) is 0 Å². The van der Waals surface area contributed by atoms with E-state index in [1.807, 2.05) is 0 Å². The molecule has 1 unspecified atom stereocenters. The fraction of sp³-hybridized carbons (Fsp3) is 0.538. The maximum atomic E-state index is 13.6. The van der Waals surface area contributed by atoms with Crippen LogP contribution in [0.2, 0.25) is 0 Å². The van der Waals surface area contributed by atoms with Crippen LogP contribution in [0.25, 0.3) is 0 Å². The zero-order valence-corrected chi connectivity index (χ0v) is 12.1. The third kappa shape index (κ3) is 2.84. The normalized spacial score (nSPS) is 21.4. The lowest BCUT2D eigenvalue weighted by Crippen LogP contribution is -2.35. The summed E-state index contributed by atoms with van der Waals surface area (Å²) in [5.41, 5.74) is -1.01. The predicted octanol–water partition coefficient (Wildman–Crippen LogP) is 1.75. The van der Waals surface area contributed by atoms with Crippen LogP contribution in [0.15, 0.2) is 23.1 Å². The minimum absolute atomic E-state index is 0.0990. The first-order valence-corrected chi connectivity index (χ1v) is 7.74. The molecule has 1 aromatic rings. The van der Waals surface area contributed by atoms with Crippen LogP contribution in [0.1, 0.15) is 20.3 Å². The zero-order chi connectivity index (χ0) is 15.1. The second-order valence-corrected chi connectivity index (χ2v) is 7.48. The molecule has 0 bridgehead atoms. The summed E-state index contributed by atoms with van der Waals surface area (Å²) in [5, 5.41) is 9.91. The van der Waals surface area contributed by atoms with E-state index in [1.54, 1.807) is 13.8 Å². The lowest BCUT2D eigenvalue weighted by Gasteiger charge is -2.25. The molecule has 0 aromatic heterocycles. The largest absolute Gasteiger partial charge is 0.390 e. The second kappa shape index (κ2) is 5.05. The van der Waals surface area contributed by atoms with Gasteiger partial charge in [-0.2, -0.15) is 4.31 Å². The molecule has 1 aliphatic heterocycles. The molecular formula is C13H17F2NO3S. The van der Waals surface area contributed by atoms with Gasteiger partial charge in [-0.25, -0.2) is 17.2 Å². The summed E-state index contributed by atoms with van der Waals surface area (Å²) >= 11 is 0. The Labute approximate surface area is 117 Å². The highest BCUT2D eigenvalue weighted by Gasteiger charge is 2.39. The molecule has 1 heterocycles. The van der Waals surface area contributed by atoms with Crippen LogP contribution in [0, 0.1) is 17.6 Å². The predicted molar refractivity (Wildman–Crippen MR) is 69.5 cm³/mol. The number of sulfonamides is 1. The minimum atomic E-state index is -4.08. The molecule has 0 saturated carbocycles. The number of aliphatic hydroxyl groups is 1. The Balaban J connectivity index is 2.31. The van der Waals surface area contributed by atoms with Crippen molar-refractivity contribution in [2.45, 2.75) is 30.8 Å². The second-order valence-electron chi connectivity index (χ2n) is 5.58. The van der Waals surface area contributed by atoms with Crippen molar-refractivity contribution in [1.82, 2.24) is 4.31 Å². The van der Waals surface area contributed by atoms with Gasteiger partial charge in [-0.15, -0.1) is 0 Å². The number of halogens is 2. The topological polar surface area (TPSA) is 57.6 Å². The summed E-state index contributed by atoms with van der Waals surface area (Å²) in [6, 6.07) is 2.35. The van der Waals surface area contributed by atoms with Crippen LogP contribution in [0.4, 0.5) is 8.78 Å². The third-order valence-corrected chi connectivity index (χ3v) is 5.54. The highest BCUT2D eigenvalue weighted by atomic mass is 32.2. The molecule has 112 valence electrons. The van der Waals surface area contributed by atoms with E-state index >= 15 is 0 Å². The Kier molecular flexibility index (Phi) is 3.88.